The highest BCUT2D eigenvalue weighted by Gasteiger charge is 2.39. The van der Waals surface area contributed by atoms with Crippen LogP contribution in [0.3, 0.4) is 0 Å². The van der Waals surface area contributed by atoms with Gasteiger partial charge in [0.05, 0.1) is 5.69 Å². The minimum atomic E-state index is -4.52. The number of nitrogens with zero attached hydrogens (tertiary/aromatic N) is 1. The predicted octanol–water partition coefficient (Wildman–Crippen LogP) is 0.0117. The van der Waals surface area contributed by atoms with Gasteiger partial charge in [-0.2, -0.15) is 13.2 Å². The van der Waals surface area contributed by atoms with E-state index in [2.05, 4.69) is 0 Å². The normalized spacial score (nSPS) is 14.2. The van der Waals surface area contributed by atoms with Crippen LogP contribution in [0.1, 0.15) is 5.69 Å². The zero-order valence-corrected chi connectivity index (χ0v) is 8.33. The number of hydrogen-bond acceptors (Lipinski definition) is 1. The summed E-state index contributed by atoms with van der Waals surface area (Å²) in [5.74, 6) is 0. The fourth-order valence-corrected chi connectivity index (χ4v) is 1.23. The molecule has 0 saturated carbocycles. The number of aromatic nitrogens is 1. The molecule has 0 aliphatic carbocycles. The molecule has 15 heavy (non-hydrogen) atoms. The summed E-state index contributed by atoms with van der Waals surface area (Å²) >= 11 is 0. The van der Waals surface area contributed by atoms with Crippen LogP contribution in [0.5, 0.6) is 0 Å². The van der Waals surface area contributed by atoms with E-state index in [9.17, 15) is 13.2 Å². The smallest absolute Gasteiger partial charge is 0.379 e. The topological polar surface area (TPSA) is 41.8 Å². The van der Waals surface area contributed by atoms with Gasteiger partial charge >= 0.3 is 6.18 Å². The molecule has 3 N–H and O–H groups in total. The van der Waals surface area contributed by atoms with E-state index in [0.717, 1.165) is 5.69 Å². The van der Waals surface area contributed by atoms with Gasteiger partial charge in [0.15, 0.2) is 6.10 Å². The van der Waals surface area contributed by atoms with Gasteiger partial charge in [-0.15, -0.1) is 0 Å². The van der Waals surface area contributed by atoms with Crippen LogP contribution in [0.2, 0.25) is 0 Å². The zero-order valence-electron chi connectivity index (χ0n) is 8.33. The number of aliphatic hydroxyl groups excluding tert-OH is 1. The minimum absolute atomic E-state index is 0.366. The predicted molar refractivity (Wildman–Crippen MR) is 48.0 cm³/mol. The van der Waals surface area contributed by atoms with Gasteiger partial charge in [-0.3, -0.25) is 0 Å². The molecule has 0 bridgehead atoms. The fraction of sp³-hybridized carbons (Fsp3) is 0.556. The molecule has 0 unspecified atom stereocenters. The van der Waals surface area contributed by atoms with Crippen LogP contribution in [0, 0.1) is 0 Å². The summed E-state index contributed by atoms with van der Waals surface area (Å²) in [5.41, 5.74) is 0.921. The Morgan fingerprint density at radius 3 is 2.67 bits per heavy atom. The quantitative estimate of drug-likeness (QED) is 0.742. The van der Waals surface area contributed by atoms with E-state index in [0.29, 0.717) is 6.54 Å². The van der Waals surface area contributed by atoms with Crippen molar-refractivity contribution in [3.63, 3.8) is 0 Å². The van der Waals surface area contributed by atoms with Crippen molar-refractivity contribution < 1.29 is 23.6 Å². The molecule has 3 nitrogen and oxygen atoms in total. The molecule has 0 amide bonds. The van der Waals surface area contributed by atoms with Gasteiger partial charge in [0.1, 0.15) is 13.1 Å². The SMILES string of the molecule is Cn1cccc1C[NH2+]C[C@@H](O)C(F)(F)F. The van der Waals surface area contributed by atoms with E-state index in [-0.39, 0.29) is 6.54 Å². The van der Waals surface area contributed by atoms with Crippen LogP contribution >= 0.6 is 0 Å². The second-order valence-corrected chi connectivity index (χ2v) is 3.40. The van der Waals surface area contributed by atoms with E-state index < -0.39 is 12.3 Å². The van der Waals surface area contributed by atoms with Crippen molar-refractivity contribution in [2.75, 3.05) is 6.54 Å². The third-order valence-electron chi connectivity index (χ3n) is 2.17. The summed E-state index contributed by atoms with van der Waals surface area (Å²) in [6.45, 7) is 0.0608. The largest absolute Gasteiger partial charge is 0.419 e. The number of quaternary nitrogens is 1. The van der Waals surface area contributed by atoms with Crippen LogP contribution in [-0.4, -0.2) is 28.5 Å². The summed E-state index contributed by atoms with van der Waals surface area (Å²) in [6, 6.07) is 3.65. The van der Waals surface area contributed by atoms with Gasteiger partial charge in [0, 0.05) is 13.2 Å². The third-order valence-corrected chi connectivity index (χ3v) is 2.17. The van der Waals surface area contributed by atoms with Crippen molar-refractivity contribution in [1.82, 2.24) is 4.57 Å². The monoisotopic (exact) mass is 223 g/mol. The summed E-state index contributed by atoms with van der Waals surface area (Å²) in [6.07, 6.45) is -4.95. The zero-order chi connectivity index (χ0) is 11.5. The van der Waals surface area contributed by atoms with Crippen LogP contribution in [-0.2, 0) is 13.6 Å². The Morgan fingerprint density at radius 1 is 1.53 bits per heavy atom. The Hall–Kier alpha value is -1.01. The Bertz CT molecular complexity index is 309. The van der Waals surface area contributed by atoms with E-state index >= 15 is 0 Å². The van der Waals surface area contributed by atoms with Crippen molar-refractivity contribution in [3.8, 4) is 0 Å². The van der Waals surface area contributed by atoms with E-state index in [1.54, 1.807) is 0 Å². The summed E-state index contributed by atoms with van der Waals surface area (Å²) in [5, 5.41) is 10.2. The molecule has 0 aliphatic rings. The van der Waals surface area contributed by atoms with Crippen molar-refractivity contribution >= 4 is 0 Å². The molecular formula is C9H14F3N2O+. The molecule has 0 aliphatic heterocycles. The molecule has 0 spiro atoms. The highest BCUT2D eigenvalue weighted by Crippen LogP contribution is 2.18. The lowest BCUT2D eigenvalue weighted by atomic mass is 10.3. The maximum Gasteiger partial charge on any atom is 0.419 e. The van der Waals surface area contributed by atoms with Crippen LogP contribution in [0.15, 0.2) is 18.3 Å². The number of nitrogens with two attached hydrogens (primary N) is 1. The van der Waals surface area contributed by atoms with Crippen LogP contribution < -0.4 is 5.32 Å². The second kappa shape index (κ2) is 4.67. The first-order valence-corrected chi connectivity index (χ1v) is 4.58. The highest BCUT2D eigenvalue weighted by molar-refractivity contribution is 5.04. The minimum Gasteiger partial charge on any atom is -0.379 e. The molecule has 6 heteroatoms. The number of alkyl halides is 3. The standard InChI is InChI=1S/C9H13F3N2O/c1-14-4-2-3-7(14)5-13-6-8(15)9(10,11)12/h2-4,8,13,15H,5-6H2,1H3/p+1/t8-/m1/s1. The molecule has 86 valence electrons. The van der Waals surface area contributed by atoms with E-state index in [1.807, 2.05) is 29.9 Å². The average Bonchev–Trinajstić information content (AvgIpc) is 2.50. The van der Waals surface area contributed by atoms with Gasteiger partial charge < -0.3 is 15.0 Å². The molecular weight excluding hydrogens is 209 g/mol. The van der Waals surface area contributed by atoms with Gasteiger partial charge in [-0.25, -0.2) is 0 Å². The molecule has 0 radical (unpaired) electrons. The third kappa shape index (κ3) is 3.56. The summed E-state index contributed by atoms with van der Waals surface area (Å²) in [4.78, 5) is 0. The van der Waals surface area contributed by atoms with E-state index in [4.69, 9.17) is 5.11 Å². The molecule has 1 heterocycles. The average molecular weight is 223 g/mol. The maximum absolute atomic E-state index is 11.9. The van der Waals surface area contributed by atoms with Crippen molar-refractivity contribution in [1.29, 1.82) is 0 Å². The maximum atomic E-state index is 11.9. The Balaban J connectivity index is 2.31. The number of aliphatic hydroxyl groups is 1. The van der Waals surface area contributed by atoms with Gasteiger partial charge in [-0.05, 0) is 12.1 Å². The summed E-state index contributed by atoms with van der Waals surface area (Å²) in [7, 11) is 1.82. The number of halogens is 3. The lowest BCUT2D eigenvalue weighted by Crippen LogP contribution is -2.85. The summed E-state index contributed by atoms with van der Waals surface area (Å²) < 4.78 is 37.6. The first kappa shape index (κ1) is 12.1. The van der Waals surface area contributed by atoms with Crippen molar-refractivity contribution in [3.05, 3.63) is 24.0 Å². The Morgan fingerprint density at radius 2 is 2.20 bits per heavy atom. The number of hydrogen-bond donors (Lipinski definition) is 2. The first-order valence-electron chi connectivity index (χ1n) is 4.58. The molecule has 1 atom stereocenters. The fourth-order valence-electron chi connectivity index (χ4n) is 1.23. The Labute approximate surface area is 85.5 Å². The lowest BCUT2D eigenvalue weighted by Gasteiger charge is -2.12. The van der Waals surface area contributed by atoms with Crippen LogP contribution in [0.25, 0.3) is 0 Å². The molecule has 1 aromatic rings. The van der Waals surface area contributed by atoms with Gasteiger partial charge in [0.2, 0.25) is 0 Å². The van der Waals surface area contributed by atoms with E-state index in [1.165, 1.54) is 5.32 Å². The van der Waals surface area contributed by atoms with Gasteiger partial charge in [0.25, 0.3) is 0 Å². The Kier molecular flexibility index (Phi) is 3.76. The number of rotatable bonds is 4. The molecule has 0 fully saturated rings. The van der Waals surface area contributed by atoms with Crippen molar-refractivity contribution in [2.45, 2.75) is 18.8 Å². The molecule has 0 saturated heterocycles. The first-order chi connectivity index (χ1) is 6.91. The lowest BCUT2D eigenvalue weighted by molar-refractivity contribution is -0.680. The molecule has 1 rings (SSSR count). The molecule has 0 aromatic carbocycles. The van der Waals surface area contributed by atoms with Crippen LogP contribution in [0.4, 0.5) is 13.2 Å². The van der Waals surface area contributed by atoms with Gasteiger partial charge in [-0.1, -0.05) is 0 Å². The second-order valence-electron chi connectivity index (χ2n) is 3.40. The van der Waals surface area contributed by atoms with Crippen molar-refractivity contribution in [2.24, 2.45) is 7.05 Å². The highest BCUT2D eigenvalue weighted by atomic mass is 19.4. The number of aryl methyl sites for hydroxylation is 1. The molecule has 1 aromatic heterocycles.